The van der Waals surface area contributed by atoms with Crippen LogP contribution in [0.4, 0.5) is 0 Å². The molecule has 1 heteroatoms. The lowest BCUT2D eigenvalue weighted by Gasteiger charge is -1.99. The number of rotatable bonds is 7. The van der Waals surface area contributed by atoms with Crippen molar-refractivity contribution in [3.63, 3.8) is 0 Å². The van der Waals surface area contributed by atoms with Gasteiger partial charge in [0.25, 0.3) is 0 Å². The summed E-state index contributed by atoms with van der Waals surface area (Å²) in [6.45, 7) is 2.26. The number of hydrogen-bond donors (Lipinski definition) is 1. The molecule has 0 saturated heterocycles. The molecule has 0 bridgehead atoms. The first-order valence-electron chi connectivity index (χ1n) is 5.73. The van der Waals surface area contributed by atoms with E-state index in [2.05, 4.69) is 19.1 Å². The van der Waals surface area contributed by atoms with E-state index in [-0.39, 0.29) is 5.54 Å². The Morgan fingerprint density at radius 2 is 1.85 bits per heavy atom. The molecule has 0 amide bonds. The van der Waals surface area contributed by atoms with Gasteiger partial charge in [-0.25, -0.2) is 0 Å². The average Bonchev–Trinajstić information content (AvgIpc) is 2.83. The standard InChI is InChI=1S/C12H23N/c1-2-3-4-5-6-7-8-9-12(13)10-11-12/h8-9H,2-7,10-11,13H2,1H3/b9-8+. The van der Waals surface area contributed by atoms with E-state index in [4.69, 9.17) is 5.73 Å². The lowest BCUT2D eigenvalue weighted by atomic mass is 10.1. The molecule has 0 aliphatic heterocycles. The quantitative estimate of drug-likeness (QED) is 0.473. The highest BCUT2D eigenvalue weighted by molar-refractivity contribution is 5.14. The fraction of sp³-hybridized carbons (Fsp3) is 0.833. The Balaban J connectivity index is 1.86. The normalized spacial score (nSPS) is 19.5. The van der Waals surface area contributed by atoms with Crippen LogP contribution >= 0.6 is 0 Å². The predicted octanol–water partition coefficient (Wildman–Crippen LogP) is 3.39. The molecule has 2 N–H and O–H groups in total. The molecule has 0 radical (unpaired) electrons. The molecule has 0 aromatic heterocycles. The van der Waals surface area contributed by atoms with Crippen molar-refractivity contribution >= 4 is 0 Å². The molecule has 0 unspecified atom stereocenters. The number of nitrogens with two attached hydrogens (primary N) is 1. The van der Waals surface area contributed by atoms with Crippen LogP contribution in [0.2, 0.25) is 0 Å². The van der Waals surface area contributed by atoms with E-state index in [1.54, 1.807) is 0 Å². The second-order valence-corrected chi connectivity index (χ2v) is 4.34. The fourth-order valence-electron chi connectivity index (χ4n) is 1.49. The van der Waals surface area contributed by atoms with Crippen LogP contribution in [0.15, 0.2) is 12.2 Å². The van der Waals surface area contributed by atoms with Gasteiger partial charge in [0.15, 0.2) is 0 Å². The van der Waals surface area contributed by atoms with Gasteiger partial charge in [0.05, 0.1) is 0 Å². The van der Waals surface area contributed by atoms with E-state index in [0.717, 1.165) is 0 Å². The summed E-state index contributed by atoms with van der Waals surface area (Å²) in [4.78, 5) is 0. The Labute approximate surface area is 82.4 Å². The second kappa shape index (κ2) is 5.43. The first-order valence-corrected chi connectivity index (χ1v) is 5.73. The minimum Gasteiger partial charge on any atom is -0.322 e. The smallest absolute Gasteiger partial charge is 0.0340 e. The molecule has 0 aromatic rings. The maximum absolute atomic E-state index is 5.92. The van der Waals surface area contributed by atoms with Crippen molar-refractivity contribution in [2.75, 3.05) is 0 Å². The summed E-state index contributed by atoms with van der Waals surface area (Å²) in [5.41, 5.74) is 6.04. The third-order valence-electron chi connectivity index (χ3n) is 2.75. The molecule has 1 rings (SSSR count). The molecule has 76 valence electrons. The minimum atomic E-state index is 0.115. The van der Waals surface area contributed by atoms with Crippen molar-refractivity contribution in [3.8, 4) is 0 Å². The summed E-state index contributed by atoms with van der Waals surface area (Å²) >= 11 is 0. The van der Waals surface area contributed by atoms with Crippen LogP contribution in [0.25, 0.3) is 0 Å². The van der Waals surface area contributed by atoms with Crippen molar-refractivity contribution in [1.29, 1.82) is 0 Å². The van der Waals surface area contributed by atoms with Gasteiger partial charge in [-0.2, -0.15) is 0 Å². The average molecular weight is 181 g/mol. The van der Waals surface area contributed by atoms with Gasteiger partial charge >= 0.3 is 0 Å². The van der Waals surface area contributed by atoms with Gasteiger partial charge in [-0.1, -0.05) is 44.8 Å². The molecular weight excluding hydrogens is 158 g/mol. The van der Waals surface area contributed by atoms with E-state index in [9.17, 15) is 0 Å². The van der Waals surface area contributed by atoms with Gasteiger partial charge in [0.2, 0.25) is 0 Å². The van der Waals surface area contributed by atoms with Crippen LogP contribution in [-0.2, 0) is 0 Å². The first-order chi connectivity index (χ1) is 6.27. The van der Waals surface area contributed by atoms with Crippen molar-refractivity contribution in [3.05, 3.63) is 12.2 Å². The molecule has 0 atom stereocenters. The van der Waals surface area contributed by atoms with Crippen molar-refractivity contribution in [1.82, 2.24) is 0 Å². The SMILES string of the molecule is CCCCCCC/C=C/C1(N)CC1. The van der Waals surface area contributed by atoms with Crippen molar-refractivity contribution in [2.24, 2.45) is 5.73 Å². The highest BCUT2D eigenvalue weighted by atomic mass is 14.8. The number of unbranched alkanes of at least 4 members (excludes halogenated alkanes) is 5. The molecule has 1 fully saturated rings. The Kier molecular flexibility index (Phi) is 4.51. The molecule has 0 heterocycles. The summed E-state index contributed by atoms with van der Waals surface area (Å²) in [5.74, 6) is 0. The Bertz CT molecular complexity index is 157. The predicted molar refractivity (Wildman–Crippen MR) is 58.7 cm³/mol. The molecule has 0 aromatic carbocycles. The topological polar surface area (TPSA) is 26.0 Å². The number of allylic oxidation sites excluding steroid dienone is 1. The van der Waals surface area contributed by atoms with E-state index in [1.807, 2.05) is 0 Å². The summed E-state index contributed by atoms with van der Waals surface area (Å²) < 4.78 is 0. The second-order valence-electron chi connectivity index (χ2n) is 4.34. The third kappa shape index (κ3) is 5.09. The Morgan fingerprint density at radius 1 is 1.15 bits per heavy atom. The summed E-state index contributed by atoms with van der Waals surface area (Å²) in [6.07, 6.45) is 15.0. The Hall–Kier alpha value is -0.300. The van der Waals surface area contributed by atoms with Crippen LogP contribution < -0.4 is 5.73 Å². The van der Waals surface area contributed by atoms with E-state index < -0.39 is 0 Å². The van der Waals surface area contributed by atoms with Crippen molar-refractivity contribution < 1.29 is 0 Å². The monoisotopic (exact) mass is 181 g/mol. The molecule has 0 spiro atoms. The maximum atomic E-state index is 5.92. The minimum absolute atomic E-state index is 0.115. The highest BCUT2D eigenvalue weighted by Gasteiger charge is 2.34. The van der Waals surface area contributed by atoms with Crippen LogP contribution in [0, 0.1) is 0 Å². The fourth-order valence-corrected chi connectivity index (χ4v) is 1.49. The largest absolute Gasteiger partial charge is 0.322 e. The summed E-state index contributed by atoms with van der Waals surface area (Å²) in [7, 11) is 0. The maximum Gasteiger partial charge on any atom is 0.0340 e. The molecule has 1 nitrogen and oxygen atoms in total. The first kappa shape index (κ1) is 10.8. The zero-order valence-electron chi connectivity index (χ0n) is 8.89. The van der Waals surface area contributed by atoms with Crippen LogP contribution in [-0.4, -0.2) is 5.54 Å². The number of hydrogen-bond acceptors (Lipinski definition) is 1. The van der Waals surface area contributed by atoms with E-state index >= 15 is 0 Å². The highest BCUT2D eigenvalue weighted by Crippen LogP contribution is 2.33. The van der Waals surface area contributed by atoms with E-state index in [0.29, 0.717) is 0 Å². The van der Waals surface area contributed by atoms with Gasteiger partial charge < -0.3 is 5.73 Å². The van der Waals surface area contributed by atoms with Crippen molar-refractivity contribution in [2.45, 2.75) is 63.8 Å². The summed E-state index contributed by atoms with van der Waals surface area (Å²) in [5, 5.41) is 0. The lowest BCUT2D eigenvalue weighted by molar-refractivity contribution is 0.636. The van der Waals surface area contributed by atoms with Gasteiger partial charge in [0, 0.05) is 5.54 Å². The van der Waals surface area contributed by atoms with Gasteiger partial charge in [-0.3, -0.25) is 0 Å². The summed E-state index contributed by atoms with van der Waals surface area (Å²) in [6, 6.07) is 0. The zero-order chi connectivity index (χ0) is 9.57. The van der Waals surface area contributed by atoms with Gasteiger partial charge in [-0.05, 0) is 25.7 Å². The lowest BCUT2D eigenvalue weighted by Crippen LogP contribution is -2.17. The van der Waals surface area contributed by atoms with Gasteiger partial charge in [0.1, 0.15) is 0 Å². The van der Waals surface area contributed by atoms with Crippen LogP contribution in [0.1, 0.15) is 58.3 Å². The van der Waals surface area contributed by atoms with E-state index in [1.165, 1.54) is 51.4 Å². The van der Waals surface area contributed by atoms with Gasteiger partial charge in [-0.15, -0.1) is 0 Å². The zero-order valence-corrected chi connectivity index (χ0v) is 8.89. The molecule has 1 aliphatic rings. The molecule has 13 heavy (non-hydrogen) atoms. The van der Waals surface area contributed by atoms with Crippen LogP contribution in [0.3, 0.4) is 0 Å². The Morgan fingerprint density at radius 3 is 2.46 bits per heavy atom. The van der Waals surface area contributed by atoms with Crippen LogP contribution in [0.5, 0.6) is 0 Å². The molecule has 1 saturated carbocycles. The molecular formula is C12H23N. The molecule has 1 aliphatic carbocycles. The third-order valence-corrected chi connectivity index (χ3v) is 2.75.